The van der Waals surface area contributed by atoms with Crippen LogP contribution < -0.4 is 15.5 Å². The Kier molecular flexibility index (Phi) is 14.1. The van der Waals surface area contributed by atoms with Crippen LogP contribution in [0.1, 0.15) is 114 Å². The summed E-state index contributed by atoms with van der Waals surface area (Å²) in [6, 6.07) is 7.02. The second kappa shape index (κ2) is 18.7. The summed E-state index contributed by atoms with van der Waals surface area (Å²) in [4.78, 5) is 58.9. The lowest BCUT2D eigenvalue weighted by Gasteiger charge is -2.59. The molecule has 2 aromatic heterocycles. The molecule has 1 aliphatic heterocycles. The molecule has 11 nitrogen and oxygen atoms in total. The first-order valence-electron chi connectivity index (χ1n) is 21.1. The third-order valence-electron chi connectivity index (χ3n) is 13.8. The summed E-state index contributed by atoms with van der Waals surface area (Å²) in [5.41, 5.74) is -0.434. The summed E-state index contributed by atoms with van der Waals surface area (Å²) in [6.45, 7) is 4.02. The maximum atomic E-state index is 12.7. The number of carboxylic acid groups (broad SMARTS) is 1. The van der Waals surface area contributed by atoms with Crippen LogP contribution in [0, 0.1) is 23.2 Å². The molecular formula is C43H61F3N6O5S. The fraction of sp³-hybridized carbons (Fsp3) is 0.698. The number of halogens is 3. The zero-order valence-corrected chi connectivity index (χ0v) is 35.0. The first-order chi connectivity index (χ1) is 27.5. The van der Waals surface area contributed by atoms with Crippen molar-refractivity contribution < 1.29 is 37.5 Å². The van der Waals surface area contributed by atoms with Crippen molar-refractivity contribution in [3.05, 3.63) is 46.3 Å². The molecule has 2 aromatic rings. The van der Waals surface area contributed by atoms with Crippen molar-refractivity contribution in [3.63, 3.8) is 0 Å². The number of thiophene rings is 1. The van der Waals surface area contributed by atoms with E-state index in [1.165, 1.54) is 49.5 Å². The number of hydrogen-bond donors (Lipinski definition) is 3. The Morgan fingerprint density at radius 1 is 0.914 bits per heavy atom. The minimum atomic E-state index is -4.42. The van der Waals surface area contributed by atoms with Crippen molar-refractivity contribution >= 4 is 40.8 Å². The quantitative estimate of drug-likeness (QED) is 0.195. The van der Waals surface area contributed by atoms with Gasteiger partial charge in [-0.1, -0.05) is 6.07 Å². The first-order valence-corrected chi connectivity index (χ1v) is 22.0. The number of anilines is 1. The van der Waals surface area contributed by atoms with Gasteiger partial charge in [-0.05, 0) is 138 Å². The van der Waals surface area contributed by atoms with E-state index in [2.05, 4.69) is 59.0 Å². The Hall–Kier alpha value is -3.72. The molecule has 8 rings (SSSR count). The van der Waals surface area contributed by atoms with Gasteiger partial charge in [0.05, 0.1) is 11.1 Å². The number of hydrogen-bond acceptors (Lipinski definition) is 8. The van der Waals surface area contributed by atoms with E-state index in [1.54, 1.807) is 16.2 Å². The third-order valence-corrected chi connectivity index (χ3v) is 14.9. The molecule has 1 saturated heterocycles. The number of nitrogens with zero attached hydrogens (tertiary/aromatic N) is 4. The van der Waals surface area contributed by atoms with Gasteiger partial charge >= 0.3 is 12.1 Å². The molecule has 0 aromatic carbocycles. The second-order valence-electron chi connectivity index (χ2n) is 17.8. The van der Waals surface area contributed by atoms with Crippen LogP contribution in [0.5, 0.6) is 0 Å². The fourth-order valence-corrected chi connectivity index (χ4v) is 11.9. The second-order valence-corrected chi connectivity index (χ2v) is 18.8. The number of carboxylic acids is 1. The topological polar surface area (TPSA) is 135 Å². The van der Waals surface area contributed by atoms with Crippen LogP contribution in [0.15, 0.2) is 35.8 Å². The Morgan fingerprint density at radius 3 is 2.07 bits per heavy atom. The normalized spacial score (nSPS) is 28.4. The maximum Gasteiger partial charge on any atom is 0.417 e. The summed E-state index contributed by atoms with van der Waals surface area (Å²) in [6.07, 6.45) is 9.43. The van der Waals surface area contributed by atoms with Gasteiger partial charge in [0.2, 0.25) is 17.7 Å². The van der Waals surface area contributed by atoms with E-state index in [-0.39, 0.29) is 54.6 Å². The number of aliphatic carboxylic acids is 1. The van der Waals surface area contributed by atoms with E-state index < -0.39 is 17.7 Å². The van der Waals surface area contributed by atoms with Crippen molar-refractivity contribution in [2.24, 2.45) is 23.2 Å². The van der Waals surface area contributed by atoms with Gasteiger partial charge in [0.1, 0.15) is 5.82 Å². The molecule has 5 saturated carbocycles. The predicted octanol–water partition coefficient (Wildman–Crippen LogP) is 7.07. The minimum Gasteiger partial charge on any atom is -0.481 e. The van der Waals surface area contributed by atoms with E-state index in [4.69, 9.17) is 5.11 Å². The molecular weight excluding hydrogens is 770 g/mol. The van der Waals surface area contributed by atoms with Crippen molar-refractivity contribution in [2.75, 3.05) is 45.2 Å². The molecule has 0 radical (unpaired) electrons. The molecule has 6 aliphatic rings. The average molecular weight is 831 g/mol. The molecule has 3 heterocycles. The van der Waals surface area contributed by atoms with Gasteiger partial charge in [-0.2, -0.15) is 13.2 Å². The van der Waals surface area contributed by atoms with Crippen LogP contribution >= 0.6 is 11.3 Å². The molecule has 4 bridgehead atoms. The lowest BCUT2D eigenvalue weighted by atomic mass is 9.48. The predicted molar refractivity (Wildman–Crippen MR) is 217 cm³/mol. The number of carbonyl (C=O) groups excluding carboxylic acids is 3. The summed E-state index contributed by atoms with van der Waals surface area (Å²) >= 11 is 1.78. The maximum absolute atomic E-state index is 12.7. The Bertz CT molecular complexity index is 1670. The molecule has 3 N–H and O–H groups in total. The van der Waals surface area contributed by atoms with Gasteiger partial charge in [-0.25, -0.2) is 4.98 Å². The molecule has 1 atom stereocenters. The van der Waals surface area contributed by atoms with E-state index in [0.717, 1.165) is 55.7 Å². The van der Waals surface area contributed by atoms with E-state index in [1.807, 2.05) is 4.90 Å². The van der Waals surface area contributed by atoms with E-state index >= 15 is 0 Å². The van der Waals surface area contributed by atoms with Gasteiger partial charge in [0, 0.05) is 75.0 Å². The monoisotopic (exact) mass is 830 g/mol. The van der Waals surface area contributed by atoms with Crippen LogP contribution in [-0.2, 0) is 30.9 Å². The SMILES string of the molecule is CC(NC(=O)CCCC(=O)O)C12CC3CC(CC(C3)C1)C2.CN(C)C1(c2cccs2)CCC(NC(=O)CCC(=O)N2CCN(c3ccc(C(F)(F)F)cn3)CC2)CC1. The molecule has 58 heavy (non-hydrogen) atoms. The highest BCUT2D eigenvalue weighted by Crippen LogP contribution is 2.61. The van der Waals surface area contributed by atoms with Gasteiger partial charge in [0.25, 0.3) is 0 Å². The van der Waals surface area contributed by atoms with Crippen molar-refractivity contribution in [2.45, 2.75) is 127 Å². The molecule has 0 spiro atoms. The van der Waals surface area contributed by atoms with Gasteiger partial charge in [-0.3, -0.25) is 24.1 Å². The Morgan fingerprint density at radius 2 is 1.55 bits per heavy atom. The molecule has 5 aliphatic carbocycles. The lowest BCUT2D eigenvalue weighted by molar-refractivity contribution is -0.138. The largest absolute Gasteiger partial charge is 0.481 e. The summed E-state index contributed by atoms with van der Waals surface area (Å²) in [7, 11) is 4.23. The molecule has 3 amide bonds. The first kappa shape index (κ1) is 43.8. The summed E-state index contributed by atoms with van der Waals surface area (Å²) in [5.74, 6) is 2.16. The number of alkyl halides is 3. The Labute approximate surface area is 344 Å². The molecule has 320 valence electrons. The van der Waals surface area contributed by atoms with Crippen LogP contribution in [0.25, 0.3) is 0 Å². The molecule has 6 fully saturated rings. The zero-order valence-electron chi connectivity index (χ0n) is 34.2. The number of carbonyl (C=O) groups is 4. The highest BCUT2D eigenvalue weighted by molar-refractivity contribution is 7.10. The van der Waals surface area contributed by atoms with Crippen molar-refractivity contribution in [3.8, 4) is 0 Å². The average Bonchev–Trinajstić information content (AvgIpc) is 3.73. The number of rotatable bonds is 13. The van der Waals surface area contributed by atoms with Gasteiger partial charge in [0.15, 0.2) is 0 Å². The smallest absolute Gasteiger partial charge is 0.417 e. The van der Waals surface area contributed by atoms with E-state index in [9.17, 15) is 32.3 Å². The van der Waals surface area contributed by atoms with Gasteiger partial charge in [-0.15, -0.1) is 11.3 Å². The third kappa shape index (κ3) is 10.7. The zero-order chi connectivity index (χ0) is 41.7. The fourth-order valence-electron chi connectivity index (χ4n) is 10.9. The van der Waals surface area contributed by atoms with Crippen molar-refractivity contribution in [1.82, 2.24) is 25.4 Å². The van der Waals surface area contributed by atoms with Crippen LogP contribution in [0.2, 0.25) is 0 Å². The standard InChI is InChI=1S/C26H34F3N5O2S.C17H27NO3/c1-32(2)25(21-4-3-17-37-21)11-9-20(10-12-25)31-23(35)7-8-24(36)34-15-13-33(14-16-34)22-6-5-19(18-30-22)26(27,28)29;1-11(18-15(19)3-2-4-16(20)21)17-8-12-5-13(9-17)7-14(6-12)10-17/h3-6,17-18,20H,7-16H2,1-2H3,(H,31,35);11-14H,2-10H2,1H3,(H,18,19)(H,20,21). The summed E-state index contributed by atoms with van der Waals surface area (Å²) in [5, 5.41) is 17.0. The number of nitrogens with one attached hydrogen (secondary N) is 2. The number of amides is 3. The lowest BCUT2D eigenvalue weighted by Crippen LogP contribution is -2.55. The van der Waals surface area contributed by atoms with Crippen LogP contribution in [0.3, 0.4) is 0 Å². The van der Waals surface area contributed by atoms with E-state index in [0.29, 0.717) is 50.3 Å². The van der Waals surface area contributed by atoms with Crippen molar-refractivity contribution in [1.29, 1.82) is 0 Å². The number of pyridine rings is 1. The summed E-state index contributed by atoms with van der Waals surface area (Å²) < 4.78 is 38.2. The number of aromatic nitrogens is 1. The Balaban J connectivity index is 0.000000227. The highest BCUT2D eigenvalue weighted by Gasteiger charge is 2.53. The minimum absolute atomic E-state index is 0.0173. The molecule has 15 heteroatoms. The highest BCUT2D eigenvalue weighted by atomic mass is 32.1. The number of piperazine rings is 1. The molecule has 1 unspecified atom stereocenters. The van der Waals surface area contributed by atoms with Crippen LogP contribution in [-0.4, -0.2) is 95.9 Å². The van der Waals surface area contributed by atoms with Gasteiger partial charge < -0.3 is 25.5 Å². The van der Waals surface area contributed by atoms with Crippen LogP contribution in [0.4, 0.5) is 19.0 Å².